The van der Waals surface area contributed by atoms with E-state index in [9.17, 15) is 4.79 Å². The third kappa shape index (κ3) is 1.96. The van der Waals surface area contributed by atoms with E-state index in [4.69, 9.17) is 0 Å². The Hall–Kier alpha value is -1.33. The van der Waals surface area contributed by atoms with E-state index in [0.29, 0.717) is 11.4 Å². The maximum atomic E-state index is 11.8. The number of aromatic amines is 1. The number of aryl methyl sites for hydroxylation is 1. The van der Waals surface area contributed by atoms with Crippen molar-refractivity contribution in [3.05, 3.63) is 34.0 Å². The zero-order valence-electron chi connectivity index (χ0n) is 9.56. The molecule has 3 heterocycles. The van der Waals surface area contributed by atoms with Gasteiger partial charge in [-0.1, -0.05) is 0 Å². The first kappa shape index (κ1) is 12.1. The Kier molecular flexibility index (Phi) is 3.22. The van der Waals surface area contributed by atoms with Gasteiger partial charge in [-0.15, -0.1) is 12.4 Å². The Labute approximate surface area is 105 Å². The lowest BCUT2D eigenvalue weighted by atomic mass is 10.1. The second kappa shape index (κ2) is 4.50. The quantitative estimate of drug-likeness (QED) is 0.793. The first-order valence-corrected chi connectivity index (χ1v) is 5.55. The molecule has 0 spiro atoms. The number of halogens is 1. The number of rotatable bonds is 1. The van der Waals surface area contributed by atoms with Gasteiger partial charge in [0.25, 0.3) is 5.56 Å². The molecular weight excluding hydrogens is 240 g/mol. The fraction of sp³-hybridized carbons (Fsp3) is 0.455. The maximum Gasteiger partial charge on any atom is 0.275 e. The van der Waals surface area contributed by atoms with Gasteiger partial charge in [0.1, 0.15) is 11.3 Å². The van der Waals surface area contributed by atoms with Crippen molar-refractivity contribution in [1.82, 2.24) is 19.9 Å². The fourth-order valence-corrected chi connectivity index (χ4v) is 2.22. The largest absolute Gasteiger partial charge is 0.316 e. The molecule has 0 saturated carbocycles. The number of nitrogens with zero attached hydrogens (tertiary/aromatic N) is 2. The molecule has 17 heavy (non-hydrogen) atoms. The number of H-pyrrole nitrogens is 1. The number of hydrogen-bond donors (Lipinski definition) is 2. The lowest BCUT2D eigenvalue weighted by Crippen LogP contribution is -2.19. The third-order valence-corrected chi connectivity index (χ3v) is 3.17. The number of fused-ring (bicyclic) bond motifs is 1. The minimum absolute atomic E-state index is 0. The molecule has 2 N–H and O–H groups in total. The van der Waals surface area contributed by atoms with Crippen LogP contribution in [0.15, 0.2) is 16.9 Å². The third-order valence-electron chi connectivity index (χ3n) is 3.17. The van der Waals surface area contributed by atoms with Gasteiger partial charge >= 0.3 is 0 Å². The highest BCUT2D eigenvalue weighted by Crippen LogP contribution is 2.17. The summed E-state index contributed by atoms with van der Waals surface area (Å²) in [5.74, 6) is 1.13. The summed E-state index contributed by atoms with van der Waals surface area (Å²) in [6.07, 6.45) is 1.04. The molecule has 0 amide bonds. The topological polar surface area (TPSA) is 62.2 Å². The normalized spacial score (nSPS) is 19.5. The van der Waals surface area contributed by atoms with Crippen molar-refractivity contribution in [2.75, 3.05) is 13.1 Å². The van der Waals surface area contributed by atoms with E-state index >= 15 is 0 Å². The molecule has 1 unspecified atom stereocenters. The molecule has 1 aliphatic heterocycles. The molecular formula is C11H15ClN4O. The molecule has 6 heteroatoms. The molecule has 3 rings (SSSR count). The Morgan fingerprint density at radius 3 is 3.00 bits per heavy atom. The molecule has 0 radical (unpaired) electrons. The van der Waals surface area contributed by atoms with E-state index in [0.717, 1.165) is 31.0 Å². The highest BCUT2D eigenvalue weighted by atomic mass is 35.5. The van der Waals surface area contributed by atoms with Crippen molar-refractivity contribution in [2.24, 2.45) is 0 Å². The summed E-state index contributed by atoms with van der Waals surface area (Å²) in [6, 6.07) is 3.71. The Balaban J connectivity index is 0.00000108. The number of nitrogens with one attached hydrogen (secondary N) is 2. The highest BCUT2D eigenvalue weighted by molar-refractivity contribution is 5.85. The van der Waals surface area contributed by atoms with Crippen LogP contribution in [0.25, 0.3) is 5.52 Å². The summed E-state index contributed by atoms with van der Waals surface area (Å²) in [5.41, 5.74) is 1.56. The summed E-state index contributed by atoms with van der Waals surface area (Å²) in [4.78, 5) is 14.7. The summed E-state index contributed by atoms with van der Waals surface area (Å²) < 4.78 is 1.73. The van der Waals surface area contributed by atoms with E-state index in [1.165, 1.54) is 0 Å². The van der Waals surface area contributed by atoms with Gasteiger partial charge in [0.15, 0.2) is 0 Å². The van der Waals surface area contributed by atoms with Crippen LogP contribution < -0.4 is 10.9 Å². The van der Waals surface area contributed by atoms with E-state index in [2.05, 4.69) is 15.4 Å². The minimum atomic E-state index is -0.0509. The van der Waals surface area contributed by atoms with Crippen molar-refractivity contribution in [1.29, 1.82) is 0 Å². The summed E-state index contributed by atoms with van der Waals surface area (Å²) in [7, 11) is 0. The lowest BCUT2D eigenvalue weighted by molar-refractivity contribution is 0.658. The van der Waals surface area contributed by atoms with Crippen LogP contribution in [0.2, 0.25) is 0 Å². The van der Waals surface area contributed by atoms with Crippen LogP contribution in [0.3, 0.4) is 0 Å². The monoisotopic (exact) mass is 254 g/mol. The van der Waals surface area contributed by atoms with Gasteiger partial charge in [0, 0.05) is 18.2 Å². The average Bonchev–Trinajstić information content (AvgIpc) is 2.88. The van der Waals surface area contributed by atoms with E-state index in [1.54, 1.807) is 10.6 Å². The van der Waals surface area contributed by atoms with Crippen LogP contribution in [0.1, 0.15) is 23.9 Å². The smallest absolute Gasteiger partial charge is 0.275 e. The van der Waals surface area contributed by atoms with Crippen LogP contribution in [0.4, 0.5) is 0 Å². The molecule has 1 fully saturated rings. The molecule has 2 aromatic heterocycles. The Morgan fingerprint density at radius 1 is 1.47 bits per heavy atom. The lowest BCUT2D eigenvalue weighted by Gasteiger charge is -2.08. The van der Waals surface area contributed by atoms with Gasteiger partial charge < -0.3 is 10.3 Å². The first-order chi connectivity index (χ1) is 7.75. The van der Waals surface area contributed by atoms with Gasteiger partial charge in [-0.25, -0.2) is 4.52 Å². The predicted octanol–water partition coefficient (Wildman–Crippen LogP) is 0.830. The standard InChI is InChI=1S/C11H14N4O.ClH/c1-7-2-3-9-11(16)13-10(14-15(7)9)8-4-5-12-6-8;/h2-3,8,12H,4-6H2,1H3,(H,13,14,16);1H. The van der Waals surface area contributed by atoms with E-state index in [-0.39, 0.29) is 18.0 Å². The Bertz CT molecular complexity index is 583. The van der Waals surface area contributed by atoms with Crippen LogP contribution in [-0.2, 0) is 0 Å². The van der Waals surface area contributed by atoms with Crippen molar-refractivity contribution < 1.29 is 0 Å². The first-order valence-electron chi connectivity index (χ1n) is 5.55. The molecule has 1 saturated heterocycles. The molecule has 2 aromatic rings. The van der Waals surface area contributed by atoms with E-state index in [1.807, 2.05) is 13.0 Å². The number of hydrogen-bond acceptors (Lipinski definition) is 3. The summed E-state index contributed by atoms with van der Waals surface area (Å²) >= 11 is 0. The molecule has 5 nitrogen and oxygen atoms in total. The van der Waals surface area contributed by atoms with Crippen molar-refractivity contribution >= 4 is 17.9 Å². The molecule has 0 bridgehead atoms. The zero-order valence-corrected chi connectivity index (χ0v) is 10.4. The van der Waals surface area contributed by atoms with Crippen molar-refractivity contribution in [2.45, 2.75) is 19.3 Å². The molecule has 1 atom stereocenters. The van der Waals surface area contributed by atoms with Gasteiger partial charge in [-0.2, -0.15) is 5.10 Å². The van der Waals surface area contributed by atoms with Crippen LogP contribution in [0, 0.1) is 6.92 Å². The zero-order chi connectivity index (χ0) is 11.1. The summed E-state index contributed by atoms with van der Waals surface area (Å²) in [6.45, 7) is 3.85. The molecule has 1 aliphatic rings. The van der Waals surface area contributed by atoms with Crippen molar-refractivity contribution in [3.63, 3.8) is 0 Å². The fourth-order valence-electron chi connectivity index (χ4n) is 2.22. The molecule has 0 aliphatic carbocycles. The van der Waals surface area contributed by atoms with Gasteiger partial charge in [0.05, 0.1) is 0 Å². The van der Waals surface area contributed by atoms with Crippen LogP contribution in [0.5, 0.6) is 0 Å². The summed E-state index contributed by atoms with van der Waals surface area (Å²) in [5, 5.41) is 7.77. The second-order valence-corrected chi connectivity index (χ2v) is 4.30. The average molecular weight is 255 g/mol. The Morgan fingerprint density at radius 2 is 2.29 bits per heavy atom. The highest BCUT2D eigenvalue weighted by Gasteiger charge is 2.20. The molecule has 92 valence electrons. The molecule has 0 aromatic carbocycles. The second-order valence-electron chi connectivity index (χ2n) is 4.30. The number of aromatic nitrogens is 3. The maximum absolute atomic E-state index is 11.8. The van der Waals surface area contributed by atoms with Gasteiger partial charge in [0.2, 0.25) is 0 Å². The van der Waals surface area contributed by atoms with Crippen molar-refractivity contribution in [3.8, 4) is 0 Å². The minimum Gasteiger partial charge on any atom is -0.316 e. The van der Waals surface area contributed by atoms with Gasteiger partial charge in [-0.05, 0) is 32.0 Å². The predicted molar refractivity (Wildman–Crippen MR) is 68.0 cm³/mol. The SMILES string of the molecule is Cc1ccc2c(=O)[nH]c(C3CCNC3)nn12.Cl. The van der Waals surface area contributed by atoms with Crippen LogP contribution >= 0.6 is 12.4 Å². The van der Waals surface area contributed by atoms with Gasteiger partial charge in [-0.3, -0.25) is 4.79 Å². The van der Waals surface area contributed by atoms with E-state index < -0.39 is 0 Å². The van der Waals surface area contributed by atoms with Crippen LogP contribution in [-0.4, -0.2) is 27.7 Å².